The molecule has 0 N–H and O–H groups in total. The van der Waals surface area contributed by atoms with Gasteiger partial charge in [-0.05, 0) is 43.2 Å². The number of nitrogens with zero attached hydrogens (tertiary/aromatic N) is 6. The molecule has 2 bridgehead atoms. The topological polar surface area (TPSA) is 146 Å². The molecule has 6 rings (SSSR count). The second kappa shape index (κ2) is 15.1. The van der Waals surface area contributed by atoms with Crippen LogP contribution in [0.3, 0.4) is 0 Å². The Balaban J connectivity index is 1.74. The molecule has 278 valence electrons. The number of aromatic nitrogens is 4. The minimum atomic E-state index is -1.36. The number of halogens is 2. The zero-order chi connectivity index (χ0) is 38.1. The van der Waals surface area contributed by atoms with Gasteiger partial charge in [0.05, 0.1) is 22.3 Å². The van der Waals surface area contributed by atoms with Crippen LogP contribution in [0, 0.1) is 11.6 Å². The number of carbonyl (C=O) groups is 3. The van der Waals surface area contributed by atoms with Crippen LogP contribution in [0.2, 0.25) is 0 Å². The van der Waals surface area contributed by atoms with Gasteiger partial charge in [0.15, 0.2) is 23.7 Å². The number of amides is 1. The molecule has 4 aromatic rings. The van der Waals surface area contributed by atoms with Crippen LogP contribution in [0.4, 0.5) is 14.6 Å². The Bertz CT molecular complexity index is 2170. The van der Waals surface area contributed by atoms with E-state index in [-0.39, 0.29) is 89.8 Å². The molecule has 2 aliphatic heterocycles. The van der Waals surface area contributed by atoms with Gasteiger partial charge in [-0.2, -0.15) is 4.98 Å². The van der Waals surface area contributed by atoms with Crippen molar-refractivity contribution in [2.24, 2.45) is 0 Å². The van der Waals surface area contributed by atoms with E-state index in [2.05, 4.69) is 21.5 Å². The quantitative estimate of drug-likeness (QED) is 0.183. The van der Waals surface area contributed by atoms with Gasteiger partial charge in [0.25, 0.3) is 0 Å². The number of fused-ring (bicyclic) bond motifs is 5. The standard InChI is InChI=1S/C38H40F2N6O7/c1-7-28(47)44-15-16-45(21(6)18-44)36-23-17-25(40)33-31-24(39)11-10-12-26(31)51-19-27(52-29(48)8-2)35(53-30(49)9-3)22-13-14-41-32(20(4)5)34(22)46(37(23)42-33)38(50)43-36/h7,10-14,17,20-21,27,35H,1,8-9,15-16,18-19H2,2-6H3/t21-,27?,35?/m0/s1. The maximum atomic E-state index is 16.5. The van der Waals surface area contributed by atoms with Gasteiger partial charge in [0.1, 0.15) is 29.7 Å². The lowest BCUT2D eigenvalue weighted by Crippen LogP contribution is -2.54. The molecule has 2 unspecified atom stereocenters. The molecule has 13 nitrogen and oxygen atoms in total. The molecule has 0 saturated carbocycles. The maximum Gasteiger partial charge on any atom is 0.355 e. The molecule has 15 heteroatoms. The van der Waals surface area contributed by atoms with E-state index in [1.165, 1.54) is 30.5 Å². The lowest BCUT2D eigenvalue weighted by atomic mass is 9.97. The smallest absolute Gasteiger partial charge is 0.355 e. The van der Waals surface area contributed by atoms with Crippen LogP contribution in [0.25, 0.3) is 28.0 Å². The predicted molar refractivity (Wildman–Crippen MR) is 191 cm³/mol. The van der Waals surface area contributed by atoms with Crippen LogP contribution in [-0.2, 0) is 23.9 Å². The van der Waals surface area contributed by atoms with Crippen molar-refractivity contribution in [3.63, 3.8) is 0 Å². The van der Waals surface area contributed by atoms with Crippen LogP contribution >= 0.6 is 0 Å². The van der Waals surface area contributed by atoms with Crippen molar-refractivity contribution in [3.05, 3.63) is 82.6 Å². The Morgan fingerprint density at radius 2 is 1.79 bits per heavy atom. The summed E-state index contributed by atoms with van der Waals surface area (Å²) in [5.41, 5.74) is -1.01. The second-order valence-corrected chi connectivity index (χ2v) is 13.1. The molecule has 1 fully saturated rings. The highest BCUT2D eigenvalue weighted by atomic mass is 19.1. The van der Waals surface area contributed by atoms with Crippen molar-refractivity contribution < 1.29 is 37.4 Å². The van der Waals surface area contributed by atoms with Crippen molar-refractivity contribution in [3.8, 4) is 22.7 Å². The number of ether oxygens (including phenoxy) is 3. The fraction of sp³-hybridized carbons (Fsp3) is 0.395. The Morgan fingerprint density at radius 3 is 2.47 bits per heavy atom. The van der Waals surface area contributed by atoms with E-state index in [4.69, 9.17) is 14.2 Å². The molecule has 0 aliphatic carbocycles. The Morgan fingerprint density at radius 1 is 1.06 bits per heavy atom. The molecule has 1 saturated heterocycles. The molecule has 2 aliphatic rings. The van der Waals surface area contributed by atoms with Gasteiger partial charge in [-0.25, -0.2) is 23.1 Å². The van der Waals surface area contributed by atoms with Crippen LogP contribution in [-0.4, -0.2) is 80.7 Å². The summed E-state index contributed by atoms with van der Waals surface area (Å²) in [6.07, 6.45) is -0.0391. The highest BCUT2D eigenvalue weighted by molar-refractivity contribution is 5.92. The average molecular weight is 731 g/mol. The van der Waals surface area contributed by atoms with Crippen LogP contribution in [0.5, 0.6) is 5.75 Å². The van der Waals surface area contributed by atoms with Gasteiger partial charge in [0.2, 0.25) is 5.91 Å². The van der Waals surface area contributed by atoms with E-state index in [0.29, 0.717) is 5.69 Å². The number of pyridine rings is 2. The summed E-state index contributed by atoms with van der Waals surface area (Å²) in [6.45, 7) is 12.6. The van der Waals surface area contributed by atoms with Gasteiger partial charge in [0, 0.05) is 50.3 Å². The van der Waals surface area contributed by atoms with E-state index in [1.807, 2.05) is 20.8 Å². The van der Waals surface area contributed by atoms with Crippen LogP contribution in [0.1, 0.15) is 70.7 Å². The minimum absolute atomic E-state index is 0.0315. The summed E-state index contributed by atoms with van der Waals surface area (Å²) in [5, 5.41) is 0.109. The summed E-state index contributed by atoms with van der Waals surface area (Å²) >= 11 is 0. The van der Waals surface area contributed by atoms with Gasteiger partial charge in [-0.1, -0.05) is 40.3 Å². The van der Waals surface area contributed by atoms with E-state index in [1.54, 1.807) is 23.6 Å². The molecule has 5 heterocycles. The van der Waals surface area contributed by atoms with Crippen molar-refractivity contribution in [1.29, 1.82) is 0 Å². The summed E-state index contributed by atoms with van der Waals surface area (Å²) in [7, 11) is 0. The number of anilines is 1. The first-order valence-corrected chi connectivity index (χ1v) is 17.5. The van der Waals surface area contributed by atoms with Crippen LogP contribution < -0.4 is 15.3 Å². The molecular weight excluding hydrogens is 690 g/mol. The molecule has 3 atom stereocenters. The van der Waals surface area contributed by atoms with Crippen molar-refractivity contribution in [2.45, 2.75) is 71.6 Å². The molecule has 0 spiro atoms. The fourth-order valence-corrected chi connectivity index (χ4v) is 6.71. The number of carbonyl (C=O) groups excluding carboxylic acids is 3. The lowest BCUT2D eigenvalue weighted by Gasteiger charge is -2.40. The normalized spacial score (nSPS) is 18.4. The second-order valence-electron chi connectivity index (χ2n) is 13.1. The third kappa shape index (κ3) is 6.94. The van der Waals surface area contributed by atoms with Crippen molar-refractivity contribution in [2.75, 3.05) is 31.1 Å². The zero-order valence-electron chi connectivity index (χ0n) is 30.1. The number of piperazine rings is 1. The number of esters is 2. The summed E-state index contributed by atoms with van der Waals surface area (Å²) in [5.74, 6) is -3.70. The van der Waals surface area contributed by atoms with Crippen molar-refractivity contribution in [1.82, 2.24) is 24.4 Å². The third-order valence-corrected chi connectivity index (χ3v) is 9.32. The van der Waals surface area contributed by atoms with E-state index < -0.39 is 53.8 Å². The minimum Gasteiger partial charge on any atom is -0.489 e. The number of rotatable bonds is 7. The third-order valence-electron chi connectivity index (χ3n) is 9.32. The number of benzene rings is 1. The molecular formula is C38H40F2N6O7. The molecule has 1 aromatic carbocycles. The first-order valence-electron chi connectivity index (χ1n) is 17.5. The Kier molecular flexibility index (Phi) is 10.5. The zero-order valence-corrected chi connectivity index (χ0v) is 30.1. The molecule has 0 radical (unpaired) electrons. The summed E-state index contributed by atoms with van der Waals surface area (Å²) in [6, 6.07) is 6.21. The highest BCUT2D eigenvalue weighted by Crippen LogP contribution is 2.40. The highest BCUT2D eigenvalue weighted by Gasteiger charge is 2.37. The molecule has 1 amide bonds. The van der Waals surface area contributed by atoms with E-state index >= 15 is 8.78 Å². The monoisotopic (exact) mass is 730 g/mol. The first-order chi connectivity index (χ1) is 25.4. The predicted octanol–water partition coefficient (Wildman–Crippen LogP) is 5.18. The SMILES string of the molecule is C=CC(=O)N1CCN(c2nc(=O)n3c4nc(c(F)cc24)-c2c(F)cccc2OCC(OC(=O)CC)C(OC(=O)CC)c2ccnc(C(C)C)c2-3)[C@@H](C)C1. The van der Waals surface area contributed by atoms with E-state index in [0.717, 1.165) is 16.7 Å². The largest absolute Gasteiger partial charge is 0.489 e. The Hall–Kier alpha value is -5.73. The fourth-order valence-electron chi connectivity index (χ4n) is 6.71. The summed E-state index contributed by atoms with van der Waals surface area (Å²) in [4.78, 5) is 70.2. The number of hydrogen-bond acceptors (Lipinski definition) is 11. The van der Waals surface area contributed by atoms with Crippen molar-refractivity contribution >= 4 is 34.7 Å². The summed E-state index contributed by atoms with van der Waals surface area (Å²) < 4.78 is 51.5. The molecule has 53 heavy (non-hydrogen) atoms. The van der Waals surface area contributed by atoms with Gasteiger partial charge in [-0.15, -0.1) is 0 Å². The lowest BCUT2D eigenvalue weighted by molar-refractivity contribution is -0.171. The average Bonchev–Trinajstić information content (AvgIpc) is 3.14. The Labute approximate surface area is 304 Å². The van der Waals surface area contributed by atoms with Gasteiger partial charge >= 0.3 is 17.6 Å². The van der Waals surface area contributed by atoms with E-state index in [9.17, 15) is 19.2 Å². The van der Waals surface area contributed by atoms with Gasteiger partial charge < -0.3 is 24.0 Å². The van der Waals surface area contributed by atoms with Gasteiger partial charge in [-0.3, -0.25) is 19.4 Å². The first kappa shape index (κ1) is 37.0. The number of hydrogen-bond donors (Lipinski definition) is 0. The molecule has 3 aromatic heterocycles. The van der Waals surface area contributed by atoms with Crippen LogP contribution in [0.15, 0.2) is 54.0 Å². The maximum absolute atomic E-state index is 16.5.